The zero-order valence-electron chi connectivity index (χ0n) is 16.2. The SMILES string of the molecule is CC1CN(c2nc(Cc3ccc(F)cc3)ns2)CCN1c1ccccc1C(F)(F)F. The van der Waals surface area contributed by atoms with Gasteiger partial charge in [-0.3, -0.25) is 0 Å². The van der Waals surface area contributed by atoms with Gasteiger partial charge in [0.25, 0.3) is 0 Å². The lowest BCUT2D eigenvalue weighted by Crippen LogP contribution is -2.52. The second-order valence-electron chi connectivity index (χ2n) is 7.30. The van der Waals surface area contributed by atoms with E-state index < -0.39 is 11.7 Å². The number of rotatable bonds is 4. The number of para-hydroxylation sites is 1. The summed E-state index contributed by atoms with van der Waals surface area (Å²) in [6.45, 7) is 3.49. The van der Waals surface area contributed by atoms with Crippen LogP contribution in [0.3, 0.4) is 0 Å². The van der Waals surface area contributed by atoms with Crippen LogP contribution in [0.2, 0.25) is 0 Å². The average molecular weight is 436 g/mol. The average Bonchev–Trinajstić information content (AvgIpc) is 3.17. The molecule has 158 valence electrons. The molecule has 0 amide bonds. The van der Waals surface area contributed by atoms with Crippen LogP contribution in [0, 0.1) is 5.82 Å². The zero-order valence-corrected chi connectivity index (χ0v) is 17.1. The number of hydrogen-bond acceptors (Lipinski definition) is 5. The van der Waals surface area contributed by atoms with Crippen LogP contribution in [0.4, 0.5) is 28.4 Å². The molecule has 0 saturated carbocycles. The van der Waals surface area contributed by atoms with Crippen LogP contribution in [-0.2, 0) is 12.6 Å². The van der Waals surface area contributed by atoms with Gasteiger partial charge in [0, 0.05) is 49.3 Å². The standard InChI is InChI=1S/C21H20F4N4S/c1-14-13-28(10-11-29(14)18-5-3-2-4-17(18)21(23,24)25)20-26-19(27-30-20)12-15-6-8-16(22)9-7-15/h2-9,14H,10-13H2,1H3. The van der Waals surface area contributed by atoms with E-state index in [-0.39, 0.29) is 17.5 Å². The first-order valence-electron chi connectivity index (χ1n) is 9.56. The molecule has 30 heavy (non-hydrogen) atoms. The third kappa shape index (κ3) is 4.40. The molecule has 9 heteroatoms. The lowest BCUT2D eigenvalue weighted by Gasteiger charge is -2.41. The fourth-order valence-corrected chi connectivity index (χ4v) is 4.40. The van der Waals surface area contributed by atoms with Crippen LogP contribution in [0.15, 0.2) is 48.5 Å². The number of nitrogens with zero attached hydrogens (tertiary/aromatic N) is 4. The number of benzene rings is 2. The minimum atomic E-state index is -4.39. The molecule has 1 unspecified atom stereocenters. The van der Waals surface area contributed by atoms with Gasteiger partial charge in [-0.2, -0.15) is 17.5 Å². The van der Waals surface area contributed by atoms with Gasteiger partial charge in [-0.05, 0) is 36.8 Å². The monoisotopic (exact) mass is 436 g/mol. The van der Waals surface area contributed by atoms with Crippen LogP contribution < -0.4 is 9.80 Å². The van der Waals surface area contributed by atoms with Crippen molar-refractivity contribution in [3.05, 3.63) is 71.3 Å². The third-order valence-corrected chi connectivity index (χ3v) is 5.96. The van der Waals surface area contributed by atoms with E-state index in [2.05, 4.69) is 14.3 Å². The lowest BCUT2D eigenvalue weighted by atomic mass is 10.1. The molecule has 4 nitrogen and oxygen atoms in total. The third-order valence-electron chi connectivity index (χ3n) is 5.15. The molecule has 1 aromatic heterocycles. The maximum atomic E-state index is 13.4. The number of halogens is 4. The van der Waals surface area contributed by atoms with Crippen LogP contribution in [0.5, 0.6) is 0 Å². The van der Waals surface area contributed by atoms with E-state index in [9.17, 15) is 17.6 Å². The van der Waals surface area contributed by atoms with E-state index >= 15 is 0 Å². The molecule has 4 rings (SSSR count). The lowest BCUT2D eigenvalue weighted by molar-refractivity contribution is -0.137. The van der Waals surface area contributed by atoms with Gasteiger partial charge in [0.2, 0.25) is 5.13 Å². The first-order chi connectivity index (χ1) is 14.3. The molecule has 1 atom stereocenters. The Labute approximate surface area is 175 Å². The maximum Gasteiger partial charge on any atom is 0.418 e. The molecule has 0 radical (unpaired) electrons. The van der Waals surface area contributed by atoms with Crippen LogP contribution in [0.1, 0.15) is 23.9 Å². The Morgan fingerprint density at radius 3 is 2.50 bits per heavy atom. The predicted molar refractivity (Wildman–Crippen MR) is 110 cm³/mol. The molecule has 0 aliphatic carbocycles. The molecular weight excluding hydrogens is 416 g/mol. The van der Waals surface area contributed by atoms with Crippen LogP contribution >= 0.6 is 11.5 Å². The molecule has 2 aromatic carbocycles. The van der Waals surface area contributed by atoms with Gasteiger partial charge < -0.3 is 9.80 Å². The van der Waals surface area contributed by atoms with Crippen molar-refractivity contribution in [3.63, 3.8) is 0 Å². The van der Waals surface area contributed by atoms with Crippen molar-refractivity contribution in [1.82, 2.24) is 9.36 Å². The van der Waals surface area contributed by atoms with Gasteiger partial charge in [-0.15, -0.1) is 0 Å². The second kappa shape index (κ2) is 8.22. The summed E-state index contributed by atoms with van der Waals surface area (Å²) < 4.78 is 57.6. The van der Waals surface area contributed by atoms with Crippen molar-refractivity contribution in [2.24, 2.45) is 0 Å². The smallest absolute Gasteiger partial charge is 0.365 e. The molecule has 1 fully saturated rings. The number of hydrogen-bond donors (Lipinski definition) is 0. The highest BCUT2D eigenvalue weighted by Crippen LogP contribution is 2.38. The Balaban J connectivity index is 1.45. The van der Waals surface area contributed by atoms with Crippen molar-refractivity contribution in [2.45, 2.75) is 25.6 Å². The summed E-state index contributed by atoms with van der Waals surface area (Å²) in [4.78, 5) is 8.45. The number of alkyl halides is 3. The number of piperazine rings is 1. The fraction of sp³-hybridized carbons (Fsp3) is 0.333. The Hall–Kier alpha value is -2.68. The highest BCUT2D eigenvalue weighted by atomic mass is 32.1. The van der Waals surface area contributed by atoms with Crippen LogP contribution in [-0.4, -0.2) is 35.0 Å². The van der Waals surface area contributed by atoms with Gasteiger partial charge in [0.05, 0.1) is 5.56 Å². The molecule has 2 heterocycles. The Bertz CT molecular complexity index is 1000. The van der Waals surface area contributed by atoms with Gasteiger partial charge in [-0.1, -0.05) is 24.3 Å². The van der Waals surface area contributed by atoms with Gasteiger partial charge in [0.15, 0.2) is 0 Å². The summed E-state index contributed by atoms with van der Waals surface area (Å²) in [5, 5.41) is 0.753. The predicted octanol–water partition coefficient (Wildman–Crippen LogP) is 5.00. The van der Waals surface area contributed by atoms with E-state index in [0.29, 0.717) is 31.9 Å². The summed E-state index contributed by atoms with van der Waals surface area (Å²) in [5.41, 5.74) is 0.525. The molecule has 0 spiro atoms. The molecule has 1 aliphatic rings. The Morgan fingerprint density at radius 2 is 1.80 bits per heavy atom. The molecular formula is C21H20F4N4S. The molecule has 3 aromatic rings. The highest BCUT2D eigenvalue weighted by molar-refractivity contribution is 7.09. The van der Waals surface area contributed by atoms with Crippen molar-refractivity contribution in [1.29, 1.82) is 0 Å². The van der Waals surface area contributed by atoms with Crippen molar-refractivity contribution < 1.29 is 17.6 Å². The fourth-order valence-electron chi connectivity index (χ4n) is 3.68. The molecule has 0 bridgehead atoms. The van der Waals surface area contributed by atoms with E-state index in [4.69, 9.17) is 0 Å². The summed E-state index contributed by atoms with van der Waals surface area (Å²) in [5.74, 6) is 0.365. The van der Waals surface area contributed by atoms with Gasteiger partial charge in [0.1, 0.15) is 11.6 Å². The van der Waals surface area contributed by atoms with Crippen molar-refractivity contribution >= 4 is 22.4 Å². The largest absolute Gasteiger partial charge is 0.418 e. The molecule has 1 saturated heterocycles. The van der Waals surface area contributed by atoms with Crippen LogP contribution in [0.25, 0.3) is 0 Å². The number of anilines is 2. The zero-order chi connectivity index (χ0) is 21.3. The maximum absolute atomic E-state index is 13.4. The Kier molecular flexibility index (Phi) is 5.64. The summed E-state index contributed by atoms with van der Waals surface area (Å²) in [6.07, 6.45) is -3.88. The summed E-state index contributed by atoms with van der Waals surface area (Å²) in [7, 11) is 0. The number of aromatic nitrogens is 2. The van der Waals surface area contributed by atoms with E-state index in [1.165, 1.54) is 35.8 Å². The topological polar surface area (TPSA) is 32.3 Å². The Morgan fingerprint density at radius 1 is 1.07 bits per heavy atom. The van der Waals surface area contributed by atoms with Crippen molar-refractivity contribution in [2.75, 3.05) is 29.4 Å². The van der Waals surface area contributed by atoms with E-state index in [0.717, 1.165) is 16.8 Å². The van der Waals surface area contributed by atoms with Gasteiger partial charge >= 0.3 is 6.18 Å². The minimum Gasteiger partial charge on any atom is -0.365 e. The second-order valence-corrected chi connectivity index (χ2v) is 8.03. The quantitative estimate of drug-likeness (QED) is 0.539. The summed E-state index contributed by atoms with van der Waals surface area (Å²) in [6, 6.07) is 11.8. The molecule has 1 aliphatic heterocycles. The van der Waals surface area contributed by atoms with Crippen molar-refractivity contribution in [3.8, 4) is 0 Å². The van der Waals surface area contributed by atoms with E-state index in [1.54, 1.807) is 23.1 Å². The van der Waals surface area contributed by atoms with E-state index in [1.807, 2.05) is 6.92 Å². The first kappa shape index (κ1) is 20.6. The highest BCUT2D eigenvalue weighted by Gasteiger charge is 2.36. The van der Waals surface area contributed by atoms with Gasteiger partial charge in [-0.25, -0.2) is 9.37 Å². The first-order valence-corrected chi connectivity index (χ1v) is 10.3. The summed E-state index contributed by atoms with van der Waals surface area (Å²) >= 11 is 1.28. The normalized spacial score (nSPS) is 17.4. The minimum absolute atomic E-state index is 0.119. The molecule has 0 N–H and O–H groups in total.